The summed E-state index contributed by atoms with van der Waals surface area (Å²) in [5, 5.41) is 10.1. The first-order valence-electron chi connectivity index (χ1n) is 10.6. The standard InChI is InChI=1S/C24H27ClN5O3P/c1-5-6-11-22(31)27-16-12-13-20(33-2)19(14-16)29-24-26-15-17(25)23(30-24)28-18-9-7-8-10-21(18)34(3,4)32/h6-15H,5H2,1-4H3,(H,27,31)(H2,26,28,29,30)/b11-6+. The third-order valence-corrected chi connectivity index (χ3v) is 6.53. The van der Waals surface area contributed by atoms with Crippen molar-refractivity contribution in [2.24, 2.45) is 0 Å². The second-order valence-corrected chi connectivity index (χ2v) is 11.3. The fraction of sp³-hybridized carbons (Fsp3) is 0.208. The van der Waals surface area contributed by atoms with Gasteiger partial charge in [-0.3, -0.25) is 4.79 Å². The first-order chi connectivity index (χ1) is 16.2. The van der Waals surface area contributed by atoms with Crippen LogP contribution in [0.5, 0.6) is 5.75 Å². The third kappa shape index (κ3) is 6.59. The lowest BCUT2D eigenvalue weighted by Crippen LogP contribution is -2.11. The molecule has 10 heteroatoms. The Bertz CT molecular complexity index is 1260. The van der Waals surface area contributed by atoms with Crippen molar-refractivity contribution in [1.82, 2.24) is 9.97 Å². The van der Waals surface area contributed by atoms with Crippen LogP contribution in [-0.4, -0.2) is 36.3 Å². The minimum atomic E-state index is -2.53. The molecule has 1 aromatic heterocycles. The Labute approximate surface area is 204 Å². The van der Waals surface area contributed by atoms with Crippen LogP contribution < -0.4 is 26.0 Å². The Balaban J connectivity index is 1.88. The van der Waals surface area contributed by atoms with Crippen molar-refractivity contribution in [3.63, 3.8) is 0 Å². The molecule has 0 fully saturated rings. The summed E-state index contributed by atoms with van der Waals surface area (Å²) in [6.45, 7) is 5.37. The van der Waals surface area contributed by atoms with Crippen LogP contribution in [0.4, 0.5) is 28.8 Å². The predicted octanol–water partition coefficient (Wildman–Crippen LogP) is 5.78. The molecule has 178 valence electrons. The number of carbonyl (C=O) groups is 1. The topological polar surface area (TPSA) is 105 Å². The van der Waals surface area contributed by atoms with E-state index < -0.39 is 7.14 Å². The van der Waals surface area contributed by atoms with E-state index in [4.69, 9.17) is 16.3 Å². The monoisotopic (exact) mass is 499 g/mol. The highest BCUT2D eigenvalue weighted by molar-refractivity contribution is 7.70. The Morgan fingerprint density at radius 2 is 1.91 bits per heavy atom. The van der Waals surface area contributed by atoms with Gasteiger partial charge in [-0.2, -0.15) is 4.98 Å². The van der Waals surface area contributed by atoms with Gasteiger partial charge in [-0.1, -0.05) is 36.7 Å². The van der Waals surface area contributed by atoms with Crippen LogP contribution in [0, 0.1) is 0 Å². The van der Waals surface area contributed by atoms with Gasteiger partial charge in [0.2, 0.25) is 11.9 Å². The second-order valence-electron chi connectivity index (χ2n) is 7.72. The van der Waals surface area contributed by atoms with Gasteiger partial charge in [0.1, 0.15) is 17.9 Å². The van der Waals surface area contributed by atoms with E-state index in [1.54, 1.807) is 44.7 Å². The number of para-hydroxylation sites is 1. The highest BCUT2D eigenvalue weighted by Crippen LogP contribution is 2.39. The molecule has 0 bridgehead atoms. The molecular weight excluding hydrogens is 473 g/mol. The average molecular weight is 500 g/mol. The Morgan fingerprint density at radius 1 is 1.15 bits per heavy atom. The van der Waals surface area contributed by atoms with E-state index in [9.17, 15) is 9.36 Å². The van der Waals surface area contributed by atoms with E-state index in [2.05, 4.69) is 25.9 Å². The molecule has 1 heterocycles. The summed E-state index contributed by atoms with van der Waals surface area (Å²) in [6, 6.07) is 12.5. The van der Waals surface area contributed by atoms with Gasteiger partial charge < -0.3 is 25.3 Å². The van der Waals surface area contributed by atoms with Gasteiger partial charge in [0.25, 0.3) is 0 Å². The number of hydrogen-bond donors (Lipinski definition) is 3. The molecule has 0 atom stereocenters. The van der Waals surface area contributed by atoms with E-state index in [-0.39, 0.29) is 11.9 Å². The van der Waals surface area contributed by atoms with Gasteiger partial charge in [-0.15, -0.1) is 0 Å². The summed E-state index contributed by atoms with van der Waals surface area (Å²) in [4.78, 5) is 20.8. The minimum Gasteiger partial charge on any atom is -0.495 e. The summed E-state index contributed by atoms with van der Waals surface area (Å²) >= 11 is 6.34. The van der Waals surface area contributed by atoms with E-state index >= 15 is 0 Å². The van der Waals surface area contributed by atoms with E-state index in [1.807, 2.05) is 31.2 Å². The van der Waals surface area contributed by atoms with Crippen LogP contribution in [0.2, 0.25) is 5.02 Å². The van der Waals surface area contributed by atoms with Gasteiger partial charge in [0, 0.05) is 11.0 Å². The van der Waals surface area contributed by atoms with Crippen molar-refractivity contribution < 1.29 is 14.1 Å². The zero-order chi connectivity index (χ0) is 24.7. The van der Waals surface area contributed by atoms with Crippen molar-refractivity contribution >= 4 is 58.8 Å². The zero-order valence-electron chi connectivity index (χ0n) is 19.4. The average Bonchev–Trinajstić information content (AvgIpc) is 2.80. The molecule has 0 saturated carbocycles. The van der Waals surface area contributed by atoms with Gasteiger partial charge in [0.05, 0.1) is 24.7 Å². The molecule has 0 aliphatic carbocycles. The molecule has 0 aliphatic heterocycles. The highest BCUT2D eigenvalue weighted by Gasteiger charge is 2.17. The number of methoxy groups -OCH3 is 1. The van der Waals surface area contributed by atoms with E-state index in [1.165, 1.54) is 12.3 Å². The molecule has 0 spiro atoms. The Hall–Kier alpha value is -3.35. The van der Waals surface area contributed by atoms with E-state index in [0.717, 1.165) is 6.42 Å². The maximum atomic E-state index is 12.7. The van der Waals surface area contributed by atoms with E-state index in [0.29, 0.717) is 39.0 Å². The number of nitrogens with zero attached hydrogens (tertiary/aromatic N) is 2. The molecule has 3 aromatic rings. The Kier molecular flexibility index (Phi) is 8.31. The minimum absolute atomic E-state index is 0.227. The number of nitrogens with one attached hydrogen (secondary N) is 3. The lowest BCUT2D eigenvalue weighted by Gasteiger charge is -2.16. The molecule has 3 N–H and O–H groups in total. The molecule has 0 saturated heterocycles. The second kappa shape index (κ2) is 11.2. The zero-order valence-corrected chi connectivity index (χ0v) is 21.1. The molecule has 2 aromatic carbocycles. The van der Waals surface area contributed by atoms with Crippen molar-refractivity contribution in [3.05, 3.63) is 65.8 Å². The summed E-state index contributed by atoms with van der Waals surface area (Å²) in [6.07, 6.45) is 5.50. The highest BCUT2D eigenvalue weighted by atomic mass is 35.5. The molecule has 3 rings (SSSR count). The van der Waals surface area contributed by atoms with Gasteiger partial charge in [-0.05, 0) is 56.2 Å². The number of hydrogen-bond acceptors (Lipinski definition) is 7. The number of halogens is 1. The fourth-order valence-electron chi connectivity index (χ4n) is 3.10. The number of ether oxygens (including phenoxy) is 1. The first kappa shape index (κ1) is 25.3. The number of benzene rings is 2. The number of anilines is 5. The lowest BCUT2D eigenvalue weighted by atomic mass is 10.2. The Morgan fingerprint density at radius 3 is 2.62 bits per heavy atom. The number of carbonyl (C=O) groups excluding carboxylic acids is 1. The SMILES string of the molecule is CC/C=C/C(=O)Nc1ccc(OC)c(Nc2ncc(Cl)c(Nc3ccccc3P(C)(C)=O)n2)c1. The lowest BCUT2D eigenvalue weighted by molar-refractivity contribution is -0.111. The van der Waals surface area contributed by atoms with Gasteiger partial charge >= 0.3 is 0 Å². The molecule has 0 aliphatic rings. The van der Waals surface area contributed by atoms with Gasteiger partial charge in [0.15, 0.2) is 5.82 Å². The first-order valence-corrected chi connectivity index (χ1v) is 13.6. The fourth-order valence-corrected chi connectivity index (χ4v) is 4.40. The number of allylic oxidation sites excluding steroid dienone is 1. The number of aromatic nitrogens is 2. The molecule has 34 heavy (non-hydrogen) atoms. The van der Waals surface area contributed by atoms with Crippen molar-refractivity contribution in [2.45, 2.75) is 13.3 Å². The molecule has 0 radical (unpaired) electrons. The van der Waals surface area contributed by atoms with Crippen molar-refractivity contribution in [1.29, 1.82) is 0 Å². The third-order valence-electron chi connectivity index (χ3n) is 4.70. The smallest absolute Gasteiger partial charge is 0.248 e. The maximum absolute atomic E-state index is 12.7. The summed E-state index contributed by atoms with van der Waals surface area (Å²) in [5.74, 6) is 0.926. The molecular formula is C24H27ClN5O3P. The number of rotatable bonds is 9. The van der Waals surface area contributed by atoms with Crippen LogP contribution in [0.3, 0.4) is 0 Å². The van der Waals surface area contributed by atoms with Gasteiger partial charge in [-0.25, -0.2) is 4.98 Å². The summed E-state index contributed by atoms with van der Waals surface area (Å²) in [5.41, 5.74) is 1.79. The normalized spacial score (nSPS) is 11.3. The van der Waals surface area contributed by atoms with Crippen LogP contribution in [0.15, 0.2) is 60.8 Å². The van der Waals surface area contributed by atoms with Crippen molar-refractivity contribution in [3.8, 4) is 5.75 Å². The van der Waals surface area contributed by atoms with Crippen LogP contribution in [0.1, 0.15) is 13.3 Å². The molecule has 8 nitrogen and oxygen atoms in total. The molecule has 0 unspecified atom stereocenters. The maximum Gasteiger partial charge on any atom is 0.248 e. The quantitative estimate of drug-likeness (QED) is 0.253. The number of amides is 1. The van der Waals surface area contributed by atoms with Crippen molar-refractivity contribution in [2.75, 3.05) is 36.4 Å². The summed E-state index contributed by atoms with van der Waals surface area (Å²) in [7, 11) is -0.985. The largest absolute Gasteiger partial charge is 0.495 e. The van der Waals surface area contributed by atoms with Crippen LogP contribution in [0.25, 0.3) is 0 Å². The van der Waals surface area contributed by atoms with Crippen LogP contribution >= 0.6 is 18.7 Å². The predicted molar refractivity (Wildman–Crippen MR) is 140 cm³/mol. The summed E-state index contributed by atoms with van der Waals surface area (Å²) < 4.78 is 18.1. The van der Waals surface area contributed by atoms with Crippen LogP contribution in [-0.2, 0) is 9.36 Å². The molecule has 1 amide bonds.